The van der Waals surface area contributed by atoms with Gasteiger partial charge in [-0.2, -0.15) is 0 Å². The van der Waals surface area contributed by atoms with Gasteiger partial charge in [-0.3, -0.25) is 15.1 Å². The Bertz CT molecular complexity index is 307. The summed E-state index contributed by atoms with van der Waals surface area (Å²) in [7, 11) is 3.36. The van der Waals surface area contributed by atoms with Crippen LogP contribution in [0.1, 0.15) is 26.7 Å². The van der Waals surface area contributed by atoms with E-state index in [2.05, 4.69) is 15.3 Å². The maximum Gasteiger partial charge on any atom is 0.225 e. The Labute approximate surface area is 114 Å². The Morgan fingerprint density at radius 1 is 1.53 bits per heavy atom. The van der Waals surface area contributed by atoms with Crippen LogP contribution in [0.25, 0.3) is 0 Å². The topological polar surface area (TPSA) is 86.5 Å². The average Bonchev–Trinajstić information content (AvgIpc) is 2.94. The van der Waals surface area contributed by atoms with Crippen molar-refractivity contribution in [3.63, 3.8) is 0 Å². The zero-order chi connectivity index (χ0) is 14.7. The summed E-state index contributed by atoms with van der Waals surface area (Å²) >= 11 is 0. The van der Waals surface area contributed by atoms with E-state index >= 15 is 0 Å². The second kappa shape index (κ2) is 10.5. The molecule has 1 rings (SSSR count). The lowest BCUT2D eigenvalue weighted by atomic mass is 10.2. The molecule has 2 N–H and O–H groups in total. The van der Waals surface area contributed by atoms with E-state index in [1.807, 2.05) is 20.9 Å². The van der Waals surface area contributed by atoms with Crippen molar-refractivity contribution in [2.45, 2.75) is 39.0 Å². The second-order valence-corrected chi connectivity index (χ2v) is 3.69. The van der Waals surface area contributed by atoms with Crippen molar-refractivity contribution in [1.29, 1.82) is 0 Å². The number of rotatable bonds is 4. The molecule has 0 bridgehead atoms. The minimum Gasteiger partial charge on any atom is -0.394 e. The number of guanidine groups is 1. The summed E-state index contributed by atoms with van der Waals surface area (Å²) in [4.78, 5) is 19.8. The van der Waals surface area contributed by atoms with Crippen molar-refractivity contribution in [2.75, 3.05) is 20.7 Å². The molecule has 2 atom stereocenters. The van der Waals surface area contributed by atoms with Gasteiger partial charge >= 0.3 is 0 Å². The van der Waals surface area contributed by atoms with Crippen molar-refractivity contribution in [1.82, 2.24) is 10.2 Å². The summed E-state index contributed by atoms with van der Waals surface area (Å²) in [5.74, 6) is 0.239. The monoisotopic (exact) mass is 272 g/mol. The van der Waals surface area contributed by atoms with Crippen LogP contribution in [0.5, 0.6) is 0 Å². The Balaban J connectivity index is 0.00000154. The Morgan fingerprint density at radius 3 is 2.68 bits per heavy atom. The third-order valence-electron chi connectivity index (χ3n) is 2.50. The number of carbonyl (C=O) groups excluding carboxylic acids is 1. The van der Waals surface area contributed by atoms with E-state index in [1.54, 1.807) is 11.2 Å². The zero-order valence-corrected chi connectivity index (χ0v) is 12.0. The van der Waals surface area contributed by atoms with Gasteiger partial charge in [0.05, 0.1) is 19.0 Å². The highest BCUT2D eigenvalue weighted by Crippen LogP contribution is 2.20. The number of hydrogen-bond acceptors (Lipinski definition) is 4. The van der Waals surface area contributed by atoms with Crippen LogP contribution in [0.15, 0.2) is 9.98 Å². The van der Waals surface area contributed by atoms with Gasteiger partial charge in [0.15, 0.2) is 0 Å². The lowest BCUT2D eigenvalue weighted by molar-refractivity contribution is -0.108. The maximum absolute atomic E-state index is 10.2. The summed E-state index contributed by atoms with van der Waals surface area (Å²) < 4.78 is 5.55. The molecule has 0 spiro atoms. The largest absolute Gasteiger partial charge is 0.394 e. The quantitative estimate of drug-likeness (QED) is 0.435. The fraction of sp³-hybridized carbons (Fsp3) is 0.750. The van der Waals surface area contributed by atoms with E-state index in [0.29, 0.717) is 6.41 Å². The van der Waals surface area contributed by atoms with Crippen LogP contribution in [-0.2, 0) is 9.53 Å². The fourth-order valence-corrected chi connectivity index (χ4v) is 1.55. The van der Waals surface area contributed by atoms with Crippen LogP contribution in [0.4, 0.5) is 0 Å². The lowest BCUT2D eigenvalue weighted by Crippen LogP contribution is -2.32. The lowest BCUT2D eigenvalue weighted by Gasteiger charge is -2.21. The fourth-order valence-electron chi connectivity index (χ4n) is 1.55. The van der Waals surface area contributed by atoms with Gasteiger partial charge in [0.1, 0.15) is 6.23 Å². The standard InChI is InChI=1S/C10H18N4O3.C2H6/c1-11-10(13-7-16)12-6-14(2)9-4-3-8(5-15)17-9;1-2/h6-9,15H,3-5H2,1-2H3,(H,11,13,16);1-2H3/b12-6-;. The molecule has 1 aliphatic rings. The Kier molecular flexibility index (Phi) is 9.64. The molecule has 1 saturated heterocycles. The van der Waals surface area contributed by atoms with Gasteiger partial charge in [-0.25, -0.2) is 4.99 Å². The van der Waals surface area contributed by atoms with Crippen LogP contribution in [0.3, 0.4) is 0 Å². The molecule has 19 heavy (non-hydrogen) atoms. The summed E-state index contributed by atoms with van der Waals surface area (Å²) in [5.41, 5.74) is 0. The van der Waals surface area contributed by atoms with Gasteiger partial charge < -0.3 is 14.7 Å². The number of aliphatic hydroxyl groups is 1. The van der Waals surface area contributed by atoms with Crippen LogP contribution in [0, 0.1) is 0 Å². The number of hydrogen-bond donors (Lipinski definition) is 2. The molecule has 110 valence electrons. The van der Waals surface area contributed by atoms with Gasteiger partial charge in [0.2, 0.25) is 12.4 Å². The van der Waals surface area contributed by atoms with Crippen molar-refractivity contribution in [2.24, 2.45) is 9.98 Å². The molecule has 1 aliphatic heterocycles. The van der Waals surface area contributed by atoms with Crippen molar-refractivity contribution in [3.8, 4) is 0 Å². The summed E-state index contributed by atoms with van der Waals surface area (Å²) in [6.45, 7) is 4.04. The van der Waals surface area contributed by atoms with Gasteiger partial charge in [-0.05, 0) is 12.8 Å². The molecule has 0 aromatic rings. The number of nitrogens with one attached hydrogen (secondary N) is 1. The third kappa shape index (κ3) is 6.30. The van der Waals surface area contributed by atoms with E-state index < -0.39 is 0 Å². The average molecular weight is 272 g/mol. The second-order valence-electron chi connectivity index (χ2n) is 3.69. The molecule has 7 nitrogen and oxygen atoms in total. The Hall–Kier alpha value is -1.47. The molecule has 0 aliphatic carbocycles. The first kappa shape index (κ1) is 17.5. The predicted octanol–water partition coefficient (Wildman–Crippen LogP) is 0.202. The summed E-state index contributed by atoms with van der Waals surface area (Å²) in [6.07, 6.45) is 3.55. The predicted molar refractivity (Wildman–Crippen MR) is 75.1 cm³/mol. The minimum atomic E-state index is -0.0942. The van der Waals surface area contributed by atoms with Gasteiger partial charge in [0, 0.05) is 14.1 Å². The molecule has 0 saturated carbocycles. The highest BCUT2D eigenvalue weighted by molar-refractivity contribution is 5.93. The molecule has 0 aromatic heterocycles. The first-order chi connectivity index (χ1) is 9.21. The minimum absolute atomic E-state index is 0.0375. The first-order valence-corrected chi connectivity index (χ1v) is 6.40. The van der Waals surface area contributed by atoms with Crippen LogP contribution in [-0.4, -0.2) is 61.7 Å². The van der Waals surface area contributed by atoms with E-state index in [-0.39, 0.29) is 24.9 Å². The number of carbonyl (C=O) groups is 1. The molecular formula is C12H24N4O3. The number of nitrogens with zero attached hydrogens (tertiary/aromatic N) is 3. The molecule has 1 fully saturated rings. The van der Waals surface area contributed by atoms with E-state index in [1.165, 1.54) is 7.05 Å². The van der Waals surface area contributed by atoms with Crippen LogP contribution < -0.4 is 5.32 Å². The molecular weight excluding hydrogens is 248 g/mol. The van der Waals surface area contributed by atoms with Gasteiger partial charge in [0.25, 0.3) is 0 Å². The number of aliphatic hydroxyl groups excluding tert-OH is 1. The Morgan fingerprint density at radius 2 is 2.21 bits per heavy atom. The molecule has 0 aromatic carbocycles. The van der Waals surface area contributed by atoms with E-state index in [0.717, 1.165) is 12.8 Å². The van der Waals surface area contributed by atoms with Crippen molar-refractivity contribution < 1.29 is 14.6 Å². The zero-order valence-electron chi connectivity index (χ0n) is 12.0. The first-order valence-electron chi connectivity index (χ1n) is 6.40. The van der Waals surface area contributed by atoms with Crippen molar-refractivity contribution in [3.05, 3.63) is 0 Å². The van der Waals surface area contributed by atoms with E-state index in [4.69, 9.17) is 9.84 Å². The molecule has 2 unspecified atom stereocenters. The van der Waals surface area contributed by atoms with Gasteiger partial charge in [-0.15, -0.1) is 0 Å². The molecule has 0 radical (unpaired) electrons. The van der Waals surface area contributed by atoms with Crippen molar-refractivity contribution >= 4 is 18.7 Å². The van der Waals surface area contributed by atoms with E-state index in [9.17, 15) is 4.79 Å². The van der Waals surface area contributed by atoms with Crippen LogP contribution >= 0.6 is 0 Å². The summed E-state index contributed by atoms with van der Waals surface area (Å²) in [6, 6.07) is 0. The number of ether oxygens (including phenoxy) is 1. The molecule has 1 amide bonds. The summed E-state index contributed by atoms with van der Waals surface area (Å²) in [5, 5.41) is 11.3. The maximum atomic E-state index is 10.2. The SMILES string of the molecule is CC.CN=C(/N=C\N(C)C1CCC(CO)O1)NC=O. The smallest absolute Gasteiger partial charge is 0.225 e. The highest BCUT2D eigenvalue weighted by atomic mass is 16.5. The molecule has 1 heterocycles. The highest BCUT2D eigenvalue weighted by Gasteiger charge is 2.26. The van der Waals surface area contributed by atoms with Gasteiger partial charge in [-0.1, -0.05) is 13.8 Å². The number of amides is 1. The van der Waals surface area contributed by atoms with Crippen LogP contribution in [0.2, 0.25) is 0 Å². The third-order valence-corrected chi connectivity index (χ3v) is 2.50. The molecule has 7 heteroatoms. The number of aliphatic imine (C=N–C) groups is 2. The normalized spacial score (nSPS) is 22.9.